The van der Waals surface area contributed by atoms with Gasteiger partial charge in [-0.2, -0.15) is 0 Å². The highest BCUT2D eigenvalue weighted by molar-refractivity contribution is 7.46. The van der Waals surface area contributed by atoms with Crippen molar-refractivity contribution in [2.45, 2.75) is 36.8 Å². The van der Waals surface area contributed by atoms with E-state index >= 15 is 0 Å². The lowest BCUT2D eigenvalue weighted by Gasteiger charge is -2.41. The van der Waals surface area contributed by atoms with E-state index in [9.17, 15) is 25.0 Å². The highest BCUT2D eigenvalue weighted by Gasteiger charge is 2.49. The third-order valence-corrected chi connectivity index (χ3v) is 2.94. The minimum atomic E-state index is -5.03. The van der Waals surface area contributed by atoms with Gasteiger partial charge < -0.3 is 40.1 Å². The summed E-state index contributed by atoms with van der Waals surface area (Å²) in [6.45, 7) is -0.860. The molecule has 6 atom stereocenters. The van der Waals surface area contributed by atoms with E-state index in [2.05, 4.69) is 9.26 Å². The molecule has 1 aliphatic heterocycles. The second-order valence-corrected chi connectivity index (χ2v) is 4.97. The summed E-state index contributed by atoms with van der Waals surface area (Å²) < 4.78 is 19.5. The predicted molar refractivity (Wildman–Crippen MR) is 52.9 cm³/mol. The third kappa shape index (κ3) is 3.68. The van der Waals surface area contributed by atoms with Gasteiger partial charge in [-0.15, -0.1) is 0 Å². The smallest absolute Gasteiger partial charge is 0.394 e. The van der Waals surface area contributed by atoms with Crippen LogP contribution in [0.15, 0.2) is 0 Å². The van der Waals surface area contributed by atoms with Crippen LogP contribution in [-0.4, -0.2) is 78.7 Å². The quantitative estimate of drug-likeness (QED) is 0.254. The number of aliphatic hydroxyl groups is 5. The number of ether oxygens (including phenoxy) is 1. The van der Waals surface area contributed by atoms with Gasteiger partial charge in [0.05, 0.1) is 6.61 Å². The van der Waals surface area contributed by atoms with E-state index < -0.39 is 51.2 Å². The highest BCUT2D eigenvalue weighted by Crippen LogP contribution is 2.41. The van der Waals surface area contributed by atoms with Crippen molar-refractivity contribution in [2.75, 3.05) is 6.61 Å². The van der Waals surface area contributed by atoms with E-state index in [1.165, 1.54) is 0 Å². The van der Waals surface area contributed by atoms with Gasteiger partial charge in [0.1, 0.15) is 30.5 Å². The van der Waals surface area contributed by atoms with Crippen LogP contribution in [0.4, 0.5) is 0 Å². The van der Waals surface area contributed by atoms with E-state index in [-0.39, 0.29) is 0 Å². The molecule has 10 nitrogen and oxygen atoms in total. The van der Waals surface area contributed by atoms with Crippen molar-refractivity contribution in [1.29, 1.82) is 0 Å². The van der Waals surface area contributed by atoms with Crippen LogP contribution in [0.1, 0.15) is 0 Å². The number of hydrogen-bond acceptors (Lipinski definition) is 8. The first-order chi connectivity index (χ1) is 8.17. The number of aliphatic hydroxyl groups excluding tert-OH is 5. The van der Waals surface area contributed by atoms with Crippen molar-refractivity contribution in [2.24, 2.45) is 0 Å². The fraction of sp³-hybridized carbons (Fsp3) is 1.00. The van der Waals surface area contributed by atoms with Crippen LogP contribution in [0.25, 0.3) is 0 Å². The Kier molecular flexibility index (Phi) is 5.21. The van der Waals surface area contributed by atoms with Crippen LogP contribution < -0.4 is 0 Å². The second-order valence-electron chi connectivity index (χ2n) is 3.78. The summed E-state index contributed by atoms with van der Waals surface area (Å²) in [6, 6.07) is 0. The molecule has 1 aliphatic rings. The third-order valence-electron chi connectivity index (χ3n) is 2.42. The zero-order valence-corrected chi connectivity index (χ0v) is 9.87. The molecule has 1 rings (SSSR count). The molecule has 0 amide bonds. The molecule has 18 heavy (non-hydrogen) atoms. The second kappa shape index (κ2) is 5.88. The summed E-state index contributed by atoms with van der Waals surface area (Å²) in [5, 5.41) is 46.1. The van der Waals surface area contributed by atoms with Crippen molar-refractivity contribution >= 4 is 7.82 Å². The lowest BCUT2D eigenvalue weighted by molar-refractivity contribution is -0.295. The minimum absolute atomic E-state index is 0.860. The van der Waals surface area contributed by atoms with Gasteiger partial charge in [-0.25, -0.2) is 4.57 Å². The maximum absolute atomic E-state index is 10.7. The Balaban J connectivity index is 2.93. The number of phosphoric acid groups is 1. The number of rotatable bonds is 4. The summed E-state index contributed by atoms with van der Waals surface area (Å²) in [7, 11) is -5.03. The average Bonchev–Trinajstić information content (AvgIpc) is 2.27. The number of phosphoric ester groups is 1. The van der Waals surface area contributed by atoms with E-state index in [1.807, 2.05) is 0 Å². The van der Waals surface area contributed by atoms with E-state index in [0.717, 1.165) is 0 Å². The first-order valence-corrected chi connectivity index (χ1v) is 6.43. The molecule has 0 aliphatic carbocycles. The predicted octanol–water partition coefficient (Wildman–Crippen LogP) is -3.74. The Morgan fingerprint density at radius 1 is 1.22 bits per heavy atom. The lowest BCUT2D eigenvalue weighted by atomic mass is 9.96. The van der Waals surface area contributed by atoms with Crippen molar-refractivity contribution in [3.63, 3.8) is 0 Å². The zero-order valence-electron chi connectivity index (χ0n) is 8.97. The van der Waals surface area contributed by atoms with Gasteiger partial charge in [0, 0.05) is 0 Å². The highest BCUT2D eigenvalue weighted by atomic mass is 31.2. The van der Waals surface area contributed by atoms with Gasteiger partial charge in [0.25, 0.3) is 0 Å². The van der Waals surface area contributed by atoms with Gasteiger partial charge in [-0.05, 0) is 0 Å². The molecule has 0 unspecified atom stereocenters. The van der Waals surface area contributed by atoms with E-state index in [0.29, 0.717) is 0 Å². The van der Waals surface area contributed by atoms with Gasteiger partial charge in [0.2, 0.25) is 0 Å². The first-order valence-electron chi connectivity index (χ1n) is 4.90. The molecule has 0 aromatic heterocycles. The fourth-order valence-corrected chi connectivity index (χ4v) is 2.13. The molecule has 7 N–H and O–H groups in total. The molecular weight excluding hydrogens is 275 g/mol. The van der Waals surface area contributed by atoms with Crippen LogP contribution in [0.2, 0.25) is 0 Å². The van der Waals surface area contributed by atoms with Crippen LogP contribution in [0.5, 0.6) is 0 Å². The molecule has 0 bridgehead atoms. The molecule has 0 aromatic rings. The standard InChI is InChI=1S/C7H15O10P/c8-1-2(9)5-6(17-18(13,14)15)3(10)4(11)7(12)16-5/h2-12H,1H2,(H2,13,14,15)/t2-,3+,4-,5+,6-,7-/m0/s1. The Hall–Kier alpha value is -0.130. The Morgan fingerprint density at radius 2 is 1.78 bits per heavy atom. The molecule has 0 radical (unpaired) electrons. The number of hydrogen-bond donors (Lipinski definition) is 7. The fourth-order valence-electron chi connectivity index (χ4n) is 1.57. The topological polar surface area (TPSA) is 177 Å². The molecule has 108 valence electrons. The Bertz CT molecular complexity index is 317. The molecule has 11 heteroatoms. The molecular formula is C7H15O10P. The monoisotopic (exact) mass is 290 g/mol. The van der Waals surface area contributed by atoms with Crippen LogP contribution in [0.3, 0.4) is 0 Å². The van der Waals surface area contributed by atoms with E-state index in [1.54, 1.807) is 0 Å². The van der Waals surface area contributed by atoms with Gasteiger partial charge in [-0.1, -0.05) is 0 Å². The van der Waals surface area contributed by atoms with Crippen molar-refractivity contribution in [3.8, 4) is 0 Å². The molecule has 0 spiro atoms. The average molecular weight is 290 g/mol. The first kappa shape index (κ1) is 15.9. The molecule has 0 saturated carbocycles. The van der Waals surface area contributed by atoms with Gasteiger partial charge >= 0.3 is 7.82 Å². The van der Waals surface area contributed by atoms with Crippen LogP contribution in [0, 0.1) is 0 Å². The van der Waals surface area contributed by atoms with Crippen molar-refractivity contribution < 1.29 is 49.1 Å². The largest absolute Gasteiger partial charge is 0.470 e. The summed E-state index contributed by atoms with van der Waals surface area (Å²) in [5.41, 5.74) is 0. The molecule has 1 saturated heterocycles. The SMILES string of the molecule is O=P(O)(O)O[C@H]1[C@H](O)[C@H](O)[C@@H](O)O[C@@H]1[C@@H](O)CO. The maximum Gasteiger partial charge on any atom is 0.470 e. The lowest BCUT2D eigenvalue weighted by Crippen LogP contribution is -2.61. The van der Waals surface area contributed by atoms with Gasteiger partial charge in [0.15, 0.2) is 6.29 Å². The van der Waals surface area contributed by atoms with Crippen LogP contribution in [-0.2, 0) is 13.8 Å². The van der Waals surface area contributed by atoms with Crippen molar-refractivity contribution in [3.05, 3.63) is 0 Å². The van der Waals surface area contributed by atoms with Crippen LogP contribution >= 0.6 is 7.82 Å². The normalized spacial score (nSPS) is 39.6. The Labute approximate surface area is 101 Å². The summed E-state index contributed by atoms with van der Waals surface area (Å²) in [6.07, 6.45) is -10.8. The van der Waals surface area contributed by atoms with E-state index in [4.69, 9.17) is 14.9 Å². The zero-order chi connectivity index (χ0) is 14.1. The molecule has 0 aromatic carbocycles. The summed E-state index contributed by atoms with van der Waals surface area (Å²) in [5.74, 6) is 0. The molecule has 1 fully saturated rings. The summed E-state index contributed by atoms with van der Waals surface area (Å²) >= 11 is 0. The summed E-state index contributed by atoms with van der Waals surface area (Å²) in [4.78, 5) is 17.3. The van der Waals surface area contributed by atoms with Crippen molar-refractivity contribution in [1.82, 2.24) is 0 Å². The molecule has 1 heterocycles. The Morgan fingerprint density at radius 3 is 2.22 bits per heavy atom. The van der Waals surface area contributed by atoms with Gasteiger partial charge in [-0.3, -0.25) is 4.52 Å². The minimum Gasteiger partial charge on any atom is -0.394 e. The maximum atomic E-state index is 10.7.